The second-order valence-corrected chi connectivity index (χ2v) is 6.31. The first-order chi connectivity index (χ1) is 9.33. The van der Waals surface area contributed by atoms with Gasteiger partial charge in [0, 0.05) is 0 Å². The Balaban J connectivity index is 1.78. The zero-order valence-electron chi connectivity index (χ0n) is 12.8. The molecule has 0 nitrogen and oxygen atoms in total. The van der Waals surface area contributed by atoms with Crippen LogP contribution in [0.15, 0.2) is 24.3 Å². The maximum absolute atomic E-state index is 2.38. The van der Waals surface area contributed by atoms with Crippen LogP contribution in [0.1, 0.15) is 82.3 Å². The highest BCUT2D eigenvalue weighted by atomic mass is 14.3. The lowest BCUT2D eigenvalue weighted by Gasteiger charge is -2.29. The molecule has 0 N–H and O–H groups in total. The van der Waals surface area contributed by atoms with Gasteiger partial charge in [-0.05, 0) is 55.1 Å². The van der Waals surface area contributed by atoms with Crippen LogP contribution >= 0.6 is 0 Å². The lowest BCUT2D eigenvalue weighted by atomic mass is 9.77. The topological polar surface area (TPSA) is 0 Å². The zero-order valence-corrected chi connectivity index (χ0v) is 12.8. The van der Waals surface area contributed by atoms with E-state index >= 15 is 0 Å². The van der Waals surface area contributed by atoms with E-state index in [-0.39, 0.29) is 0 Å². The highest BCUT2D eigenvalue weighted by molar-refractivity contribution is 5.25. The largest absolute Gasteiger partial charge is 0.0654 e. The average Bonchev–Trinajstić information content (AvgIpc) is 2.48. The standard InChI is InChI=1S/C19H30/c1-3-5-6-7-17-10-14-19(15-11-17)18-12-8-16(4-2)9-13-18/h8-9,12-13,17,19H,3-7,10-11,14-15H2,1-2H3. The molecule has 1 aromatic carbocycles. The molecule has 1 fully saturated rings. The first kappa shape index (κ1) is 14.6. The Kier molecular flexibility index (Phi) is 5.94. The number of unbranched alkanes of at least 4 members (excludes halogenated alkanes) is 2. The lowest BCUT2D eigenvalue weighted by Crippen LogP contribution is -2.13. The van der Waals surface area contributed by atoms with Crippen molar-refractivity contribution < 1.29 is 0 Å². The smallest absolute Gasteiger partial charge is 0.0162 e. The summed E-state index contributed by atoms with van der Waals surface area (Å²) in [6.07, 6.45) is 12.6. The Labute approximate surface area is 119 Å². The van der Waals surface area contributed by atoms with Gasteiger partial charge in [0.25, 0.3) is 0 Å². The van der Waals surface area contributed by atoms with Crippen molar-refractivity contribution in [2.75, 3.05) is 0 Å². The molecule has 0 heterocycles. The second kappa shape index (κ2) is 7.72. The van der Waals surface area contributed by atoms with Crippen molar-refractivity contribution >= 4 is 0 Å². The van der Waals surface area contributed by atoms with Crippen molar-refractivity contribution in [1.82, 2.24) is 0 Å². The van der Waals surface area contributed by atoms with E-state index in [1.165, 1.54) is 56.9 Å². The molecule has 1 aromatic rings. The van der Waals surface area contributed by atoms with Gasteiger partial charge in [0.05, 0.1) is 0 Å². The third-order valence-corrected chi connectivity index (χ3v) is 4.92. The van der Waals surface area contributed by atoms with Gasteiger partial charge in [-0.15, -0.1) is 0 Å². The van der Waals surface area contributed by atoms with Crippen molar-refractivity contribution in [1.29, 1.82) is 0 Å². The predicted octanol–water partition coefficient (Wildman–Crippen LogP) is 6.10. The SMILES string of the molecule is CCCCCC1CCC(c2ccc(CC)cc2)CC1. The maximum Gasteiger partial charge on any atom is -0.0162 e. The Morgan fingerprint density at radius 3 is 2.16 bits per heavy atom. The van der Waals surface area contributed by atoms with Crippen LogP contribution in [0.25, 0.3) is 0 Å². The maximum atomic E-state index is 2.38. The third-order valence-electron chi connectivity index (χ3n) is 4.92. The summed E-state index contributed by atoms with van der Waals surface area (Å²) in [4.78, 5) is 0. The van der Waals surface area contributed by atoms with E-state index < -0.39 is 0 Å². The Morgan fingerprint density at radius 2 is 1.58 bits per heavy atom. The average molecular weight is 258 g/mol. The molecule has 1 aliphatic carbocycles. The molecule has 0 spiro atoms. The molecule has 106 valence electrons. The summed E-state index contributed by atoms with van der Waals surface area (Å²) in [5.74, 6) is 1.87. The quantitative estimate of drug-likeness (QED) is 0.540. The Bertz CT molecular complexity index is 341. The molecule has 2 rings (SSSR count). The number of hydrogen-bond donors (Lipinski definition) is 0. The van der Waals surface area contributed by atoms with Gasteiger partial charge < -0.3 is 0 Å². The second-order valence-electron chi connectivity index (χ2n) is 6.31. The summed E-state index contributed by atoms with van der Waals surface area (Å²) < 4.78 is 0. The molecule has 0 radical (unpaired) electrons. The van der Waals surface area contributed by atoms with Gasteiger partial charge in [-0.25, -0.2) is 0 Å². The van der Waals surface area contributed by atoms with Crippen LogP contribution in [0, 0.1) is 5.92 Å². The highest BCUT2D eigenvalue weighted by Gasteiger charge is 2.21. The van der Waals surface area contributed by atoms with Gasteiger partial charge in [0.2, 0.25) is 0 Å². The van der Waals surface area contributed by atoms with Gasteiger partial charge in [-0.1, -0.05) is 63.8 Å². The van der Waals surface area contributed by atoms with Crippen LogP contribution in [-0.4, -0.2) is 0 Å². The molecule has 0 aromatic heterocycles. The normalized spacial score (nSPS) is 23.5. The molecule has 0 heteroatoms. The van der Waals surface area contributed by atoms with Crippen LogP contribution in [0.5, 0.6) is 0 Å². The molecule has 0 saturated heterocycles. The van der Waals surface area contributed by atoms with Crippen LogP contribution in [0.3, 0.4) is 0 Å². The first-order valence-corrected chi connectivity index (χ1v) is 8.42. The van der Waals surface area contributed by atoms with E-state index in [0.717, 1.165) is 18.3 Å². The van der Waals surface area contributed by atoms with Gasteiger partial charge in [0.1, 0.15) is 0 Å². The third kappa shape index (κ3) is 4.37. The molecule has 0 bridgehead atoms. The number of rotatable bonds is 6. The summed E-state index contributed by atoms with van der Waals surface area (Å²) in [5.41, 5.74) is 3.06. The van der Waals surface area contributed by atoms with Gasteiger partial charge in [0.15, 0.2) is 0 Å². The molecule has 0 amide bonds. The molecule has 0 atom stereocenters. The summed E-state index contributed by atoms with van der Waals surface area (Å²) in [6, 6.07) is 9.40. The van der Waals surface area contributed by atoms with Crippen molar-refractivity contribution in [3.63, 3.8) is 0 Å². The van der Waals surface area contributed by atoms with Crippen LogP contribution in [0.4, 0.5) is 0 Å². The van der Waals surface area contributed by atoms with E-state index in [1.54, 1.807) is 5.56 Å². The van der Waals surface area contributed by atoms with E-state index in [9.17, 15) is 0 Å². The lowest BCUT2D eigenvalue weighted by molar-refractivity contribution is 0.303. The van der Waals surface area contributed by atoms with E-state index in [4.69, 9.17) is 0 Å². The molecular weight excluding hydrogens is 228 g/mol. The molecule has 0 aliphatic heterocycles. The van der Waals surface area contributed by atoms with Gasteiger partial charge in [-0.3, -0.25) is 0 Å². The Hall–Kier alpha value is -0.780. The van der Waals surface area contributed by atoms with Crippen LogP contribution < -0.4 is 0 Å². The highest BCUT2D eigenvalue weighted by Crippen LogP contribution is 2.37. The number of benzene rings is 1. The first-order valence-electron chi connectivity index (χ1n) is 8.42. The fourth-order valence-corrected chi connectivity index (χ4v) is 3.49. The minimum Gasteiger partial charge on any atom is -0.0654 e. The summed E-state index contributed by atoms with van der Waals surface area (Å²) in [6.45, 7) is 4.54. The molecule has 19 heavy (non-hydrogen) atoms. The minimum atomic E-state index is 0.841. The summed E-state index contributed by atoms with van der Waals surface area (Å²) in [7, 11) is 0. The Morgan fingerprint density at radius 1 is 0.895 bits per heavy atom. The molecule has 1 aliphatic rings. The number of hydrogen-bond acceptors (Lipinski definition) is 0. The molecule has 1 saturated carbocycles. The van der Waals surface area contributed by atoms with E-state index in [1.807, 2.05) is 0 Å². The van der Waals surface area contributed by atoms with E-state index in [2.05, 4.69) is 38.1 Å². The van der Waals surface area contributed by atoms with Crippen molar-refractivity contribution in [3.05, 3.63) is 35.4 Å². The monoisotopic (exact) mass is 258 g/mol. The van der Waals surface area contributed by atoms with Crippen LogP contribution in [0.2, 0.25) is 0 Å². The van der Waals surface area contributed by atoms with Crippen LogP contribution in [-0.2, 0) is 6.42 Å². The minimum absolute atomic E-state index is 0.841. The summed E-state index contributed by atoms with van der Waals surface area (Å²) >= 11 is 0. The summed E-state index contributed by atoms with van der Waals surface area (Å²) in [5, 5.41) is 0. The van der Waals surface area contributed by atoms with Gasteiger partial charge in [-0.2, -0.15) is 0 Å². The zero-order chi connectivity index (χ0) is 13.5. The predicted molar refractivity (Wildman–Crippen MR) is 84.7 cm³/mol. The van der Waals surface area contributed by atoms with Gasteiger partial charge >= 0.3 is 0 Å². The molecular formula is C19H30. The van der Waals surface area contributed by atoms with E-state index in [0.29, 0.717) is 0 Å². The van der Waals surface area contributed by atoms with Crippen molar-refractivity contribution in [2.24, 2.45) is 5.92 Å². The number of aryl methyl sites for hydroxylation is 1. The fourth-order valence-electron chi connectivity index (χ4n) is 3.49. The fraction of sp³-hybridized carbons (Fsp3) is 0.684. The van der Waals surface area contributed by atoms with Crippen molar-refractivity contribution in [2.45, 2.75) is 77.6 Å². The molecule has 0 unspecified atom stereocenters. The van der Waals surface area contributed by atoms with Crippen molar-refractivity contribution in [3.8, 4) is 0 Å².